The first-order chi connectivity index (χ1) is 9.05. The molecule has 2 nitrogen and oxygen atoms in total. The summed E-state index contributed by atoms with van der Waals surface area (Å²) in [7, 11) is -0.287. The van der Waals surface area contributed by atoms with Gasteiger partial charge >= 0.3 is 7.69 Å². The molecular weight excluding hydrogens is 235 g/mol. The van der Waals surface area contributed by atoms with Gasteiger partial charge < -0.3 is 9.68 Å². The molecule has 1 aliphatic carbocycles. The monoisotopic (exact) mass is 252 g/mol. The molecule has 0 heterocycles. The van der Waals surface area contributed by atoms with E-state index in [-0.39, 0.29) is 13.1 Å². The number of rotatable bonds is 2. The molecule has 0 bridgehead atoms. The summed E-state index contributed by atoms with van der Waals surface area (Å²) >= 11 is 0. The van der Waals surface area contributed by atoms with E-state index in [2.05, 4.69) is 45.0 Å². The highest BCUT2D eigenvalue weighted by molar-refractivity contribution is 6.17. The van der Waals surface area contributed by atoms with Gasteiger partial charge in [-0.05, 0) is 46.9 Å². The van der Waals surface area contributed by atoms with E-state index in [9.17, 15) is 0 Å². The van der Waals surface area contributed by atoms with Crippen LogP contribution in [0.1, 0.15) is 30.5 Å². The molecule has 96 valence electrons. The lowest BCUT2D eigenvalue weighted by Crippen LogP contribution is -2.15. The quantitative estimate of drug-likeness (QED) is 0.832. The van der Waals surface area contributed by atoms with Crippen LogP contribution in [0.4, 0.5) is 0 Å². The van der Waals surface area contributed by atoms with Crippen molar-refractivity contribution in [2.45, 2.75) is 26.2 Å². The normalized spacial score (nSPS) is 14.7. The van der Waals surface area contributed by atoms with Gasteiger partial charge in [-0.2, -0.15) is 0 Å². The van der Waals surface area contributed by atoms with Crippen LogP contribution in [0, 0.1) is 6.92 Å². The molecule has 3 heteroatoms. The highest BCUT2D eigenvalue weighted by Crippen LogP contribution is 2.50. The smallest absolute Gasteiger partial charge is 0.504 e. The summed E-state index contributed by atoms with van der Waals surface area (Å²) in [6.45, 7) is 6.63. The molecular formula is C16H17BO2. The fourth-order valence-corrected chi connectivity index (χ4v) is 3.11. The lowest BCUT2D eigenvalue weighted by Gasteiger charge is -2.22. The molecule has 0 atom stereocenters. The van der Waals surface area contributed by atoms with Gasteiger partial charge in [0.15, 0.2) is 0 Å². The molecule has 1 N–H and O–H groups in total. The van der Waals surface area contributed by atoms with Crippen LogP contribution >= 0.6 is 0 Å². The van der Waals surface area contributed by atoms with Crippen molar-refractivity contribution in [3.8, 4) is 16.9 Å². The van der Waals surface area contributed by atoms with E-state index in [1.807, 2.05) is 12.1 Å². The average Bonchev–Trinajstić information content (AvgIpc) is 2.61. The SMILES string of the molecule is Cc1cccc2c1-c1ccc(OBO)cc1C2(C)C. The van der Waals surface area contributed by atoms with E-state index < -0.39 is 0 Å². The summed E-state index contributed by atoms with van der Waals surface area (Å²) in [5, 5.41) is 8.89. The third-order valence-corrected chi connectivity index (χ3v) is 4.11. The fourth-order valence-electron chi connectivity index (χ4n) is 3.11. The van der Waals surface area contributed by atoms with E-state index in [0.717, 1.165) is 5.75 Å². The Morgan fingerprint density at radius 3 is 2.63 bits per heavy atom. The molecule has 0 fully saturated rings. The van der Waals surface area contributed by atoms with Gasteiger partial charge in [-0.25, -0.2) is 0 Å². The summed E-state index contributed by atoms with van der Waals surface area (Å²) in [6.07, 6.45) is 0. The van der Waals surface area contributed by atoms with Gasteiger partial charge in [0.05, 0.1) is 0 Å². The van der Waals surface area contributed by atoms with Crippen LogP contribution in [-0.4, -0.2) is 12.7 Å². The van der Waals surface area contributed by atoms with Crippen molar-refractivity contribution in [1.82, 2.24) is 0 Å². The van der Waals surface area contributed by atoms with Crippen LogP contribution in [0.25, 0.3) is 11.1 Å². The topological polar surface area (TPSA) is 29.5 Å². The number of hydrogen-bond donors (Lipinski definition) is 1. The van der Waals surface area contributed by atoms with E-state index in [0.29, 0.717) is 0 Å². The van der Waals surface area contributed by atoms with Gasteiger partial charge in [-0.15, -0.1) is 0 Å². The predicted octanol–water partition coefficient (Wildman–Crippen LogP) is 2.94. The predicted molar refractivity (Wildman–Crippen MR) is 78.7 cm³/mol. The zero-order chi connectivity index (χ0) is 13.6. The molecule has 0 amide bonds. The van der Waals surface area contributed by atoms with Crippen molar-refractivity contribution < 1.29 is 9.68 Å². The molecule has 0 unspecified atom stereocenters. The first kappa shape index (κ1) is 12.3. The van der Waals surface area contributed by atoms with Gasteiger partial charge in [0.2, 0.25) is 0 Å². The minimum atomic E-state index is -0.287. The van der Waals surface area contributed by atoms with Crippen LogP contribution in [0.3, 0.4) is 0 Å². The summed E-state index contributed by atoms with van der Waals surface area (Å²) in [5.74, 6) is 0.722. The van der Waals surface area contributed by atoms with Gasteiger partial charge in [0.25, 0.3) is 0 Å². The van der Waals surface area contributed by atoms with E-state index in [1.54, 1.807) is 0 Å². The second kappa shape index (κ2) is 4.14. The standard InChI is InChI=1S/C16H17BO2/c1-10-5-4-6-13-15(10)12-8-7-11(19-17-18)9-14(12)16(13,2)3/h4-9,17-18H,1-3H3. The van der Waals surface area contributed by atoms with Gasteiger partial charge in [0, 0.05) is 5.41 Å². The highest BCUT2D eigenvalue weighted by atomic mass is 16.5. The van der Waals surface area contributed by atoms with Crippen LogP contribution in [0.2, 0.25) is 0 Å². The lowest BCUT2D eigenvalue weighted by molar-refractivity contribution is 0.453. The Kier molecular flexibility index (Phi) is 2.68. The summed E-state index contributed by atoms with van der Waals surface area (Å²) in [5.41, 5.74) is 6.54. The molecule has 1 aliphatic rings. The van der Waals surface area contributed by atoms with Crippen molar-refractivity contribution in [2.75, 3.05) is 0 Å². The minimum absolute atomic E-state index is 0.0223. The zero-order valence-corrected chi connectivity index (χ0v) is 11.5. The van der Waals surface area contributed by atoms with Crippen LogP contribution in [-0.2, 0) is 5.41 Å². The lowest BCUT2D eigenvalue weighted by atomic mass is 9.82. The Morgan fingerprint density at radius 2 is 1.89 bits per heavy atom. The first-order valence-electron chi connectivity index (χ1n) is 6.54. The third-order valence-electron chi connectivity index (χ3n) is 4.11. The Bertz CT molecular complexity index is 647. The number of benzene rings is 2. The molecule has 2 aromatic carbocycles. The average molecular weight is 252 g/mol. The van der Waals surface area contributed by atoms with Gasteiger partial charge in [-0.3, -0.25) is 0 Å². The fraction of sp³-hybridized carbons (Fsp3) is 0.250. The van der Waals surface area contributed by atoms with E-state index in [4.69, 9.17) is 9.68 Å². The Morgan fingerprint density at radius 1 is 1.11 bits per heavy atom. The highest BCUT2D eigenvalue weighted by Gasteiger charge is 2.36. The van der Waals surface area contributed by atoms with Crippen molar-refractivity contribution in [3.05, 3.63) is 53.1 Å². The zero-order valence-electron chi connectivity index (χ0n) is 11.5. The number of aryl methyl sites for hydroxylation is 1. The maximum atomic E-state index is 8.89. The van der Waals surface area contributed by atoms with Gasteiger partial charge in [-0.1, -0.05) is 38.1 Å². The van der Waals surface area contributed by atoms with Crippen LogP contribution < -0.4 is 4.65 Å². The molecule has 19 heavy (non-hydrogen) atoms. The second-order valence-corrected chi connectivity index (χ2v) is 5.60. The van der Waals surface area contributed by atoms with E-state index in [1.165, 1.54) is 27.8 Å². The molecule has 0 spiro atoms. The number of fused-ring (bicyclic) bond motifs is 3. The summed E-state index contributed by atoms with van der Waals surface area (Å²) < 4.78 is 5.21. The first-order valence-corrected chi connectivity index (χ1v) is 6.54. The molecule has 2 aromatic rings. The Balaban J connectivity index is 2.26. The summed E-state index contributed by atoms with van der Waals surface area (Å²) in [4.78, 5) is 0. The maximum absolute atomic E-state index is 8.89. The molecule has 0 saturated heterocycles. The Hall–Kier alpha value is -1.74. The molecule has 3 rings (SSSR count). The van der Waals surface area contributed by atoms with Crippen molar-refractivity contribution in [1.29, 1.82) is 0 Å². The molecule has 0 radical (unpaired) electrons. The van der Waals surface area contributed by atoms with Crippen molar-refractivity contribution >= 4 is 7.69 Å². The second-order valence-electron chi connectivity index (χ2n) is 5.60. The summed E-state index contributed by atoms with van der Waals surface area (Å²) in [6, 6.07) is 12.5. The molecule has 0 aromatic heterocycles. The third kappa shape index (κ3) is 1.69. The molecule has 0 aliphatic heterocycles. The van der Waals surface area contributed by atoms with Gasteiger partial charge in [0.1, 0.15) is 5.75 Å². The maximum Gasteiger partial charge on any atom is 0.504 e. The Labute approximate surface area is 114 Å². The van der Waals surface area contributed by atoms with Crippen LogP contribution in [0.15, 0.2) is 36.4 Å². The van der Waals surface area contributed by atoms with E-state index >= 15 is 0 Å². The van der Waals surface area contributed by atoms with Crippen LogP contribution in [0.5, 0.6) is 5.75 Å². The largest absolute Gasteiger partial charge is 0.539 e. The van der Waals surface area contributed by atoms with Crippen molar-refractivity contribution in [2.24, 2.45) is 0 Å². The van der Waals surface area contributed by atoms with Crippen molar-refractivity contribution in [3.63, 3.8) is 0 Å². The molecule has 0 saturated carbocycles. The number of hydrogen-bond acceptors (Lipinski definition) is 2. The minimum Gasteiger partial charge on any atom is -0.539 e.